The van der Waals surface area contributed by atoms with Crippen LogP contribution in [0.5, 0.6) is 0 Å². The summed E-state index contributed by atoms with van der Waals surface area (Å²) in [5.41, 5.74) is 4.42. The fourth-order valence-electron chi connectivity index (χ4n) is 2.82. The zero-order chi connectivity index (χ0) is 20.9. The van der Waals surface area contributed by atoms with Crippen molar-refractivity contribution in [2.75, 3.05) is 0 Å². The van der Waals surface area contributed by atoms with Crippen LogP contribution >= 0.6 is 23.1 Å². The highest BCUT2D eigenvalue weighted by molar-refractivity contribution is 7.98. The maximum atomic E-state index is 12.4. The summed E-state index contributed by atoms with van der Waals surface area (Å²) < 4.78 is 1.95. The molecule has 4 rings (SSSR count). The molecule has 0 fully saturated rings. The Morgan fingerprint density at radius 2 is 1.87 bits per heavy atom. The highest BCUT2D eigenvalue weighted by Crippen LogP contribution is 2.26. The Hall–Kier alpha value is -3.04. The summed E-state index contributed by atoms with van der Waals surface area (Å²) in [6, 6.07) is 16.1. The number of para-hydroxylation sites is 1. The van der Waals surface area contributed by atoms with Crippen LogP contribution in [0.4, 0.5) is 0 Å². The maximum absolute atomic E-state index is 12.4. The van der Waals surface area contributed by atoms with Gasteiger partial charge in [0.15, 0.2) is 5.16 Å². The minimum absolute atomic E-state index is 0.215. The third-order valence-corrected chi connectivity index (χ3v) is 6.51. The van der Waals surface area contributed by atoms with Crippen molar-refractivity contribution in [3.8, 4) is 5.69 Å². The lowest BCUT2D eigenvalue weighted by atomic mass is 10.1. The van der Waals surface area contributed by atoms with Gasteiger partial charge in [0.25, 0.3) is 5.91 Å². The first-order valence-corrected chi connectivity index (χ1v) is 11.2. The second-order valence-electron chi connectivity index (χ2n) is 6.73. The zero-order valence-corrected chi connectivity index (χ0v) is 18.2. The summed E-state index contributed by atoms with van der Waals surface area (Å²) in [4.78, 5) is 12.4. The fraction of sp³-hybridized carbons (Fsp3) is 0.190. The highest BCUT2D eigenvalue weighted by atomic mass is 32.2. The van der Waals surface area contributed by atoms with Gasteiger partial charge in [-0.3, -0.25) is 9.36 Å². The third-order valence-electron chi connectivity index (χ3n) is 4.45. The molecule has 0 spiro atoms. The lowest BCUT2D eigenvalue weighted by molar-refractivity contribution is 0.0950. The van der Waals surface area contributed by atoms with E-state index in [1.54, 1.807) is 6.33 Å². The molecular formula is C21H20N6OS2. The van der Waals surface area contributed by atoms with Crippen LogP contribution < -0.4 is 5.32 Å². The fourth-order valence-corrected chi connectivity index (χ4v) is 4.48. The summed E-state index contributed by atoms with van der Waals surface area (Å²) in [6.07, 6.45) is 1.70. The van der Waals surface area contributed by atoms with Crippen LogP contribution in [-0.4, -0.2) is 30.9 Å². The van der Waals surface area contributed by atoms with E-state index < -0.39 is 0 Å². The van der Waals surface area contributed by atoms with E-state index >= 15 is 0 Å². The second kappa shape index (κ2) is 9.19. The standard InChI is InChI=1S/C21H20N6OS2/c1-14-7-9-16(10-8-14)11-22-19(28)20-25-24-18(30-20)12-29-21-26-23-13-27(21)17-6-4-3-5-15(17)2/h3-10,13H,11-12H2,1-2H3,(H,22,28). The predicted octanol–water partition coefficient (Wildman–Crippen LogP) is 3.96. The number of amides is 1. The number of hydrogen-bond donors (Lipinski definition) is 1. The summed E-state index contributed by atoms with van der Waals surface area (Å²) in [5.74, 6) is 0.348. The van der Waals surface area contributed by atoms with Crippen LogP contribution in [0, 0.1) is 13.8 Å². The van der Waals surface area contributed by atoms with E-state index in [2.05, 4.69) is 38.7 Å². The summed E-state index contributed by atoms with van der Waals surface area (Å²) >= 11 is 2.81. The number of nitrogens with one attached hydrogen (secondary N) is 1. The SMILES string of the molecule is Cc1ccc(CNC(=O)c2nnc(CSc3nncn3-c3ccccc3C)s2)cc1. The van der Waals surface area contributed by atoms with Gasteiger partial charge in [0, 0.05) is 6.54 Å². The van der Waals surface area contributed by atoms with Gasteiger partial charge in [-0.1, -0.05) is 71.1 Å². The molecule has 9 heteroatoms. The van der Waals surface area contributed by atoms with Crippen molar-refractivity contribution in [2.45, 2.75) is 31.3 Å². The Balaban J connectivity index is 1.36. The van der Waals surface area contributed by atoms with Crippen LogP contribution in [0.2, 0.25) is 0 Å². The van der Waals surface area contributed by atoms with Gasteiger partial charge >= 0.3 is 0 Å². The Labute approximate surface area is 182 Å². The Morgan fingerprint density at radius 1 is 1.07 bits per heavy atom. The number of rotatable bonds is 7. The topological polar surface area (TPSA) is 85.6 Å². The number of benzene rings is 2. The van der Waals surface area contributed by atoms with Crippen LogP contribution in [0.15, 0.2) is 60.0 Å². The Morgan fingerprint density at radius 3 is 2.67 bits per heavy atom. The van der Waals surface area contributed by atoms with E-state index in [9.17, 15) is 4.79 Å². The van der Waals surface area contributed by atoms with Crippen molar-refractivity contribution in [3.05, 3.63) is 81.6 Å². The number of thioether (sulfide) groups is 1. The molecule has 0 aliphatic carbocycles. The van der Waals surface area contributed by atoms with Gasteiger partial charge in [-0.15, -0.1) is 20.4 Å². The average molecular weight is 437 g/mol. The third kappa shape index (κ3) is 4.74. The monoisotopic (exact) mass is 436 g/mol. The van der Waals surface area contributed by atoms with Gasteiger partial charge in [-0.05, 0) is 31.0 Å². The number of carbonyl (C=O) groups excluding carboxylic acids is 1. The quantitative estimate of drug-likeness (QED) is 0.442. The van der Waals surface area contributed by atoms with Gasteiger partial charge in [0.05, 0.1) is 11.4 Å². The molecular weight excluding hydrogens is 416 g/mol. The Kier molecular flexibility index (Phi) is 6.20. The van der Waals surface area contributed by atoms with Crippen molar-refractivity contribution < 1.29 is 4.79 Å². The molecule has 2 aromatic carbocycles. The first-order valence-electron chi connectivity index (χ1n) is 9.35. The van der Waals surface area contributed by atoms with Crippen molar-refractivity contribution >= 4 is 29.0 Å². The number of aromatic nitrogens is 5. The molecule has 1 N–H and O–H groups in total. The van der Waals surface area contributed by atoms with Crippen molar-refractivity contribution in [3.63, 3.8) is 0 Å². The number of hydrogen-bond acceptors (Lipinski definition) is 7. The van der Waals surface area contributed by atoms with Crippen molar-refractivity contribution in [1.29, 1.82) is 0 Å². The predicted molar refractivity (Wildman–Crippen MR) is 118 cm³/mol. The van der Waals surface area contributed by atoms with E-state index in [1.807, 2.05) is 54.0 Å². The summed E-state index contributed by atoms with van der Waals surface area (Å²) in [6.45, 7) is 4.55. The molecule has 0 bridgehead atoms. The number of carbonyl (C=O) groups is 1. The van der Waals surface area contributed by atoms with Gasteiger partial charge < -0.3 is 5.32 Å². The smallest absolute Gasteiger partial charge is 0.282 e. The van der Waals surface area contributed by atoms with Crippen molar-refractivity contribution in [1.82, 2.24) is 30.3 Å². The van der Waals surface area contributed by atoms with Gasteiger partial charge in [0.2, 0.25) is 5.01 Å². The van der Waals surface area contributed by atoms with Gasteiger partial charge in [-0.2, -0.15) is 0 Å². The molecule has 0 aliphatic heterocycles. The normalized spacial score (nSPS) is 10.9. The van der Waals surface area contributed by atoms with E-state index in [0.29, 0.717) is 17.3 Å². The lowest BCUT2D eigenvalue weighted by Crippen LogP contribution is -2.22. The molecule has 0 saturated heterocycles. The van der Waals surface area contributed by atoms with Crippen LogP contribution in [-0.2, 0) is 12.3 Å². The summed E-state index contributed by atoms with van der Waals surface area (Å²) in [5, 5.41) is 21.2. The molecule has 0 saturated carbocycles. The zero-order valence-electron chi connectivity index (χ0n) is 16.6. The minimum atomic E-state index is -0.215. The first-order chi connectivity index (χ1) is 14.6. The molecule has 0 unspecified atom stereocenters. The number of aryl methyl sites for hydroxylation is 2. The molecule has 30 heavy (non-hydrogen) atoms. The molecule has 2 aromatic heterocycles. The minimum Gasteiger partial charge on any atom is -0.346 e. The maximum Gasteiger partial charge on any atom is 0.282 e. The summed E-state index contributed by atoms with van der Waals surface area (Å²) in [7, 11) is 0. The Bertz CT molecular complexity index is 1150. The van der Waals surface area contributed by atoms with Crippen LogP contribution in [0.1, 0.15) is 31.5 Å². The molecule has 2 heterocycles. The van der Waals surface area contributed by atoms with E-state index in [0.717, 1.165) is 27.0 Å². The largest absolute Gasteiger partial charge is 0.346 e. The number of nitrogens with zero attached hydrogens (tertiary/aromatic N) is 5. The second-order valence-corrected chi connectivity index (χ2v) is 8.73. The molecule has 4 aromatic rings. The molecule has 0 atom stereocenters. The van der Waals surface area contributed by atoms with Crippen molar-refractivity contribution in [2.24, 2.45) is 0 Å². The molecule has 0 radical (unpaired) electrons. The average Bonchev–Trinajstić information content (AvgIpc) is 3.41. The van der Waals surface area contributed by atoms with Crippen LogP contribution in [0.3, 0.4) is 0 Å². The molecule has 0 aliphatic rings. The molecule has 1 amide bonds. The van der Waals surface area contributed by atoms with Gasteiger partial charge in [-0.25, -0.2) is 0 Å². The van der Waals surface area contributed by atoms with Crippen LogP contribution in [0.25, 0.3) is 5.69 Å². The van der Waals surface area contributed by atoms with E-state index in [4.69, 9.17) is 0 Å². The first kappa shape index (κ1) is 20.2. The lowest BCUT2D eigenvalue weighted by Gasteiger charge is -2.08. The molecule has 7 nitrogen and oxygen atoms in total. The highest BCUT2D eigenvalue weighted by Gasteiger charge is 2.15. The van der Waals surface area contributed by atoms with E-state index in [1.165, 1.54) is 28.7 Å². The van der Waals surface area contributed by atoms with E-state index in [-0.39, 0.29) is 5.91 Å². The van der Waals surface area contributed by atoms with Gasteiger partial charge in [0.1, 0.15) is 11.3 Å². The molecule has 152 valence electrons.